The number of carbonyl (C=O) groups excluding carboxylic acids is 1. The molecule has 0 aliphatic heterocycles. The van der Waals surface area contributed by atoms with E-state index in [2.05, 4.69) is 23.4 Å². The Kier molecular flexibility index (Phi) is 8.12. The highest BCUT2D eigenvalue weighted by Gasteiger charge is 2.37. The second-order valence-electron chi connectivity index (χ2n) is 7.70. The summed E-state index contributed by atoms with van der Waals surface area (Å²) in [6.45, 7) is 0.0800. The predicted molar refractivity (Wildman–Crippen MR) is 129 cm³/mol. The molecule has 2 N–H and O–H groups in total. The van der Waals surface area contributed by atoms with Gasteiger partial charge in [0.25, 0.3) is 0 Å². The van der Waals surface area contributed by atoms with E-state index in [4.69, 9.17) is 15.9 Å². The number of amides is 1. The van der Waals surface area contributed by atoms with Crippen LogP contribution in [-0.4, -0.2) is 37.9 Å². The van der Waals surface area contributed by atoms with Crippen LogP contribution < -0.4 is 14.8 Å². The third-order valence-corrected chi connectivity index (χ3v) is 5.89. The second-order valence-corrected chi connectivity index (χ2v) is 7.70. The topological polar surface area (TPSA) is 67.8 Å². The molecule has 0 heterocycles. The molecule has 3 rings (SSSR count). The second kappa shape index (κ2) is 11.2. The summed E-state index contributed by atoms with van der Waals surface area (Å²) in [6, 6.07) is 25.9. The van der Waals surface area contributed by atoms with Gasteiger partial charge in [0.15, 0.2) is 0 Å². The van der Waals surface area contributed by atoms with Crippen molar-refractivity contribution in [3.63, 3.8) is 0 Å². The van der Waals surface area contributed by atoms with Crippen LogP contribution in [0.1, 0.15) is 29.5 Å². The maximum Gasteiger partial charge on any atom is 0.249 e. The molecule has 0 aliphatic rings. The van der Waals surface area contributed by atoms with E-state index in [0.717, 1.165) is 28.2 Å². The zero-order valence-corrected chi connectivity index (χ0v) is 19.0. The molecule has 33 heavy (non-hydrogen) atoms. The van der Waals surface area contributed by atoms with E-state index in [1.807, 2.05) is 66.7 Å². The van der Waals surface area contributed by atoms with Crippen LogP contribution in [0.4, 0.5) is 0 Å². The Balaban J connectivity index is 2.12. The van der Waals surface area contributed by atoms with Gasteiger partial charge < -0.3 is 19.9 Å². The highest BCUT2D eigenvalue weighted by molar-refractivity contribution is 5.80. The van der Waals surface area contributed by atoms with Crippen molar-refractivity contribution >= 4 is 5.91 Å². The number of hydrogen-bond donors (Lipinski definition) is 2. The van der Waals surface area contributed by atoms with Crippen molar-refractivity contribution in [1.29, 1.82) is 0 Å². The Bertz CT molecular complexity index is 1020. The minimum Gasteiger partial charge on any atom is -0.497 e. The van der Waals surface area contributed by atoms with Gasteiger partial charge >= 0.3 is 0 Å². The zero-order chi connectivity index (χ0) is 23.7. The van der Waals surface area contributed by atoms with Gasteiger partial charge in [-0.15, -0.1) is 6.42 Å². The Morgan fingerprint density at radius 2 is 1.39 bits per heavy atom. The van der Waals surface area contributed by atoms with Crippen molar-refractivity contribution in [3.05, 3.63) is 95.6 Å². The molecule has 3 aromatic rings. The fraction of sp³-hybridized carbons (Fsp3) is 0.250. The Labute approximate surface area is 195 Å². The van der Waals surface area contributed by atoms with Gasteiger partial charge in [-0.05, 0) is 53.8 Å². The van der Waals surface area contributed by atoms with Crippen molar-refractivity contribution < 1.29 is 19.4 Å². The molecular formula is C28H29NO4. The number of rotatable bonds is 10. The van der Waals surface area contributed by atoms with Gasteiger partial charge in [0, 0.05) is 5.41 Å². The normalized spacial score (nSPS) is 11.8. The average Bonchev–Trinajstić information content (AvgIpc) is 2.88. The largest absolute Gasteiger partial charge is 0.497 e. The first-order chi connectivity index (χ1) is 16.0. The Morgan fingerprint density at radius 1 is 0.909 bits per heavy atom. The molecule has 5 heteroatoms. The van der Waals surface area contributed by atoms with Gasteiger partial charge in [0.1, 0.15) is 17.6 Å². The molecule has 0 spiro atoms. The lowest BCUT2D eigenvalue weighted by Crippen LogP contribution is -2.37. The van der Waals surface area contributed by atoms with Crippen LogP contribution in [0, 0.1) is 12.3 Å². The highest BCUT2D eigenvalue weighted by atomic mass is 16.5. The van der Waals surface area contributed by atoms with Crippen molar-refractivity contribution in [2.24, 2.45) is 0 Å². The molecule has 0 unspecified atom stereocenters. The first kappa shape index (κ1) is 23.9. The van der Waals surface area contributed by atoms with Gasteiger partial charge in [-0.3, -0.25) is 4.79 Å². The number of terminal acetylenes is 1. The predicted octanol–water partition coefficient (Wildman–Crippen LogP) is 3.93. The monoisotopic (exact) mass is 443 g/mol. The highest BCUT2D eigenvalue weighted by Crippen LogP contribution is 2.44. The molecule has 1 amide bonds. The first-order valence-electron chi connectivity index (χ1n) is 10.8. The summed E-state index contributed by atoms with van der Waals surface area (Å²) in [5.74, 6) is 3.39. The SMILES string of the molecule is C#CCNC(=O)[C@H](O)CCC(c1ccccc1)(c1ccc(OC)cc1)c1ccc(OC)cc1. The fourth-order valence-corrected chi connectivity index (χ4v) is 4.15. The molecule has 170 valence electrons. The number of ether oxygens (including phenoxy) is 2. The third-order valence-electron chi connectivity index (χ3n) is 5.89. The molecule has 0 fully saturated rings. The van der Waals surface area contributed by atoms with Crippen LogP contribution in [0.3, 0.4) is 0 Å². The van der Waals surface area contributed by atoms with Gasteiger partial charge in [-0.2, -0.15) is 0 Å². The van der Waals surface area contributed by atoms with E-state index in [0.29, 0.717) is 6.42 Å². The van der Waals surface area contributed by atoms with E-state index in [9.17, 15) is 9.90 Å². The number of hydrogen-bond acceptors (Lipinski definition) is 4. The molecule has 0 aromatic heterocycles. The maximum absolute atomic E-state index is 12.3. The van der Waals surface area contributed by atoms with Gasteiger partial charge in [-0.25, -0.2) is 0 Å². The summed E-state index contributed by atoms with van der Waals surface area (Å²) >= 11 is 0. The Morgan fingerprint density at radius 3 is 1.85 bits per heavy atom. The number of aliphatic hydroxyl groups excluding tert-OH is 1. The summed E-state index contributed by atoms with van der Waals surface area (Å²) in [4.78, 5) is 12.3. The quantitative estimate of drug-likeness (QED) is 0.368. The van der Waals surface area contributed by atoms with Crippen LogP contribution >= 0.6 is 0 Å². The molecule has 3 aromatic carbocycles. The summed E-state index contributed by atoms with van der Waals surface area (Å²) in [6.07, 6.45) is 4.77. The van der Waals surface area contributed by atoms with Gasteiger partial charge in [0.2, 0.25) is 5.91 Å². The van der Waals surface area contributed by atoms with Crippen molar-refractivity contribution in [2.75, 3.05) is 20.8 Å². The van der Waals surface area contributed by atoms with Crippen LogP contribution in [0.5, 0.6) is 11.5 Å². The number of aliphatic hydroxyl groups is 1. The van der Waals surface area contributed by atoms with Gasteiger partial charge in [0.05, 0.1) is 20.8 Å². The van der Waals surface area contributed by atoms with Gasteiger partial charge in [-0.1, -0.05) is 60.5 Å². The van der Waals surface area contributed by atoms with Crippen LogP contribution in [0.15, 0.2) is 78.9 Å². The van der Waals surface area contributed by atoms with Crippen molar-refractivity contribution in [2.45, 2.75) is 24.4 Å². The number of methoxy groups -OCH3 is 2. The molecule has 1 atom stereocenters. The summed E-state index contributed by atoms with van der Waals surface area (Å²) in [5.41, 5.74) is 2.48. The molecule has 0 radical (unpaired) electrons. The summed E-state index contributed by atoms with van der Waals surface area (Å²) in [5, 5.41) is 13.2. The minimum atomic E-state index is -1.18. The van der Waals surface area contributed by atoms with E-state index in [-0.39, 0.29) is 13.0 Å². The zero-order valence-electron chi connectivity index (χ0n) is 19.0. The lowest BCUT2D eigenvalue weighted by molar-refractivity contribution is -0.129. The lowest BCUT2D eigenvalue weighted by Gasteiger charge is -2.37. The third kappa shape index (κ3) is 5.36. The minimum absolute atomic E-state index is 0.0800. The number of nitrogens with one attached hydrogen (secondary N) is 1. The van der Waals surface area contributed by atoms with Crippen LogP contribution in [-0.2, 0) is 10.2 Å². The maximum atomic E-state index is 12.3. The molecule has 0 saturated carbocycles. The molecular weight excluding hydrogens is 414 g/mol. The standard InChI is InChI=1S/C28H29NO4/c1-4-20-29-27(31)26(30)18-19-28(21-8-6-5-7-9-21,22-10-14-24(32-2)15-11-22)23-12-16-25(33-3)17-13-23/h1,5-17,26,30H,18-20H2,2-3H3,(H,29,31)/t26-/m1/s1. The first-order valence-corrected chi connectivity index (χ1v) is 10.8. The number of carbonyl (C=O) groups is 1. The molecule has 5 nitrogen and oxygen atoms in total. The lowest BCUT2D eigenvalue weighted by atomic mass is 9.66. The number of benzene rings is 3. The van der Waals surface area contributed by atoms with E-state index in [1.54, 1.807) is 14.2 Å². The summed E-state index contributed by atoms with van der Waals surface area (Å²) < 4.78 is 10.7. The molecule has 0 aliphatic carbocycles. The van der Waals surface area contributed by atoms with Crippen molar-refractivity contribution in [3.8, 4) is 23.8 Å². The summed E-state index contributed by atoms with van der Waals surface area (Å²) in [7, 11) is 3.27. The smallest absolute Gasteiger partial charge is 0.249 e. The van der Waals surface area contributed by atoms with E-state index < -0.39 is 17.4 Å². The van der Waals surface area contributed by atoms with Crippen LogP contribution in [0.2, 0.25) is 0 Å². The van der Waals surface area contributed by atoms with Crippen LogP contribution in [0.25, 0.3) is 0 Å². The fourth-order valence-electron chi connectivity index (χ4n) is 4.15. The molecule has 0 bridgehead atoms. The molecule has 0 saturated heterocycles. The Hall–Kier alpha value is -3.75. The van der Waals surface area contributed by atoms with Crippen molar-refractivity contribution in [1.82, 2.24) is 5.32 Å². The van der Waals surface area contributed by atoms with E-state index in [1.165, 1.54) is 0 Å². The average molecular weight is 444 g/mol. The van der Waals surface area contributed by atoms with E-state index >= 15 is 0 Å².